The molecule has 0 aromatic heterocycles. The maximum Gasteiger partial charge on any atom is 0.123 e. The minimum absolute atomic E-state index is 0.113. The number of rotatable bonds is 1. The topological polar surface area (TPSA) is 15.3 Å². The van der Waals surface area contributed by atoms with Crippen molar-refractivity contribution < 1.29 is 4.39 Å². The quantitative estimate of drug-likeness (QED) is 0.837. The van der Waals surface area contributed by atoms with Crippen molar-refractivity contribution in [1.29, 1.82) is 0 Å². The Morgan fingerprint density at radius 2 is 2.26 bits per heavy atom. The van der Waals surface area contributed by atoms with Gasteiger partial charge >= 0.3 is 0 Å². The van der Waals surface area contributed by atoms with Crippen LogP contribution in [0, 0.1) is 11.2 Å². The van der Waals surface area contributed by atoms with Crippen molar-refractivity contribution in [3.63, 3.8) is 0 Å². The molecule has 19 heavy (non-hydrogen) atoms. The lowest BCUT2D eigenvalue weighted by atomic mass is 9.66. The van der Waals surface area contributed by atoms with E-state index in [1.54, 1.807) is 6.07 Å². The molecule has 1 aromatic rings. The van der Waals surface area contributed by atoms with Crippen LogP contribution >= 0.6 is 0 Å². The first-order valence-electron chi connectivity index (χ1n) is 7.27. The van der Waals surface area contributed by atoms with E-state index in [0.717, 1.165) is 25.2 Å². The molecule has 0 amide bonds. The van der Waals surface area contributed by atoms with Crippen LogP contribution in [0.15, 0.2) is 24.3 Å². The third kappa shape index (κ3) is 2.30. The highest BCUT2D eigenvalue weighted by atomic mass is 19.1. The van der Waals surface area contributed by atoms with Crippen molar-refractivity contribution in [2.24, 2.45) is 5.41 Å². The molecule has 3 unspecified atom stereocenters. The van der Waals surface area contributed by atoms with Crippen molar-refractivity contribution in [3.8, 4) is 0 Å². The van der Waals surface area contributed by atoms with E-state index in [0.29, 0.717) is 17.4 Å². The second kappa shape index (κ2) is 4.88. The molecule has 3 atom stereocenters. The largest absolute Gasteiger partial charge is 0.316 e. The van der Waals surface area contributed by atoms with Gasteiger partial charge in [0, 0.05) is 25.0 Å². The standard InChI is InChI=1S/C16H23FN2/c1-12-9-16(11-19(12)2)6-7-18-10-15(16)13-4-3-5-14(17)8-13/h3-5,8,12,15,18H,6-7,9-11H2,1-2H3. The van der Waals surface area contributed by atoms with E-state index >= 15 is 0 Å². The fraction of sp³-hybridized carbons (Fsp3) is 0.625. The molecular formula is C16H23FN2. The minimum Gasteiger partial charge on any atom is -0.316 e. The molecule has 3 heteroatoms. The number of benzene rings is 1. The number of nitrogens with one attached hydrogen (secondary N) is 1. The summed E-state index contributed by atoms with van der Waals surface area (Å²) in [7, 11) is 2.21. The number of hydrogen-bond acceptors (Lipinski definition) is 2. The monoisotopic (exact) mass is 262 g/mol. The molecule has 0 radical (unpaired) electrons. The van der Waals surface area contributed by atoms with Crippen molar-refractivity contribution >= 4 is 0 Å². The molecule has 104 valence electrons. The van der Waals surface area contributed by atoms with Crippen molar-refractivity contribution in [3.05, 3.63) is 35.6 Å². The molecule has 2 saturated heterocycles. The van der Waals surface area contributed by atoms with Gasteiger partial charge in [-0.1, -0.05) is 12.1 Å². The predicted molar refractivity (Wildman–Crippen MR) is 75.8 cm³/mol. The maximum atomic E-state index is 13.5. The van der Waals surface area contributed by atoms with Gasteiger partial charge in [0.2, 0.25) is 0 Å². The Hall–Kier alpha value is -0.930. The Bertz CT molecular complexity index is 450. The van der Waals surface area contributed by atoms with Gasteiger partial charge in [0.15, 0.2) is 0 Å². The number of hydrogen-bond donors (Lipinski definition) is 1. The van der Waals surface area contributed by atoms with Gasteiger partial charge in [0.1, 0.15) is 5.82 Å². The molecular weight excluding hydrogens is 239 g/mol. The SMILES string of the molecule is CC1CC2(CCNCC2c2cccc(F)c2)CN1C. The van der Waals surface area contributed by atoms with Crippen LogP contribution in [0.5, 0.6) is 0 Å². The van der Waals surface area contributed by atoms with Crippen LogP contribution in [0.2, 0.25) is 0 Å². The second-order valence-electron chi connectivity index (χ2n) is 6.39. The van der Waals surface area contributed by atoms with Gasteiger partial charge in [-0.2, -0.15) is 0 Å². The van der Waals surface area contributed by atoms with E-state index in [4.69, 9.17) is 0 Å². The molecule has 2 nitrogen and oxygen atoms in total. The van der Waals surface area contributed by atoms with Gasteiger partial charge in [0.25, 0.3) is 0 Å². The van der Waals surface area contributed by atoms with Crippen molar-refractivity contribution in [2.75, 3.05) is 26.7 Å². The van der Waals surface area contributed by atoms with E-state index < -0.39 is 0 Å². The van der Waals surface area contributed by atoms with Crippen LogP contribution in [0.3, 0.4) is 0 Å². The molecule has 1 spiro atoms. The zero-order chi connectivity index (χ0) is 13.5. The molecule has 0 bridgehead atoms. The molecule has 2 fully saturated rings. The van der Waals surface area contributed by atoms with Crippen LogP contribution in [-0.2, 0) is 0 Å². The zero-order valence-corrected chi connectivity index (χ0v) is 11.8. The highest BCUT2D eigenvalue weighted by molar-refractivity contribution is 5.26. The van der Waals surface area contributed by atoms with Crippen LogP contribution < -0.4 is 5.32 Å². The highest BCUT2D eigenvalue weighted by Gasteiger charge is 2.47. The highest BCUT2D eigenvalue weighted by Crippen LogP contribution is 2.49. The summed E-state index contributed by atoms with van der Waals surface area (Å²) in [6.45, 7) is 5.51. The first-order chi connectivity index (χ1) is 9.11. The fourth-order valence-corrected chi connectivity index (χ4v) is 4.06. The summed E-state index contributed by atoms with van der Waals surface area (Å²) in [5.74, 6) is 0.321. The Labute approximate surface area is 115 Å². The van der Waals surface area contributed by atoms with E-state index in [9.17, 15) is 4.39 Å². The lowest BCUT2D eigenvalue weighted by molar-refractivity contribution is 0.170. The van der Waals surface area contributed by atoms with Crippen molar-refractivity contribution in [2.45, 2.75) is 31.7 Å². The maximum absolute atomic E-state index is 13.5. The van der Waals surface area contributed by atoms with Crippen molar-refractivity contribution in [1.82, 2.24) is 10.2 Å². The molecule has 1 aromatic carbocycles. The number of nitrogens with zero attached hydrogens (tertiary/aromatic N) is 1. The zero-order valence-electron chi connectivity index (χ0n) is 11.8. The van der Waals surface area contributed by atoms with Gasteiger partial charge in [-0.05, 0) is 56.5 Å². The average molecular weight is 262 g/mol. The fourth-order valence-electron chi connectivity index (χ4n) is 4.06. The van der Waals surface area contributed by atoms with E-state index in [-0.39, 0.29) is 5.82 Å². The average Bonchev–Trinajstić information content (AvgIpc) is 2.65. The van der Waals surface area contributed by atoms with E-state index in [1.165, 1.54) is 18.9 Å². The molecule has 0 aliphatic carbocycles. The summed E-state index contributed by atoms with van der Waals surface area (Å²) in [6.07, 6.45) is 2.43. The molecule has 0 saturated carbocycles. The number of likely N-dealkylation sites (tertiary alicyclic amines) is 1. The normalized spacial score (nSPS) is 35.9. The Morgan fingerprint density at radius 3 is 2.95 bits per heavy atom. The Kier molecular flexibility index (Phi) is 3.35. The third-order valence-corrected chi connectivity index (χ3v) is 5.16. The van der Waals surface area contributed by atoms with Crippen LogP contribution in [0.25, 0.3) is 0 Å². The Balaban J connectivity index is 1.94. The Morgan fingerprint density at radius 1 is 1.42 bits per heavy atom. The molecule has 3 rings (SSSR count). The summed E-state index contributed by atoms with van der Waals surface area (Å²) < 4.78 is 13.5. The summed E-state index contributed by atoms with van der Waals surface area (Å²) >= 11 is 0. The van der Waals surface area contributed by atoms with Gasteiger partial charge in [-0.3, -0.25) is 0 Å². The summed E-state index contributed by atoms with van der Waals surface area (Å²) in [5, 5.41) is 3.49. The van der Waals surface area contributed by atoms with Gasteiger partial charge in [-0.25, -0.2) is 4.39 Å². The second-order valence-corrected chi connectivity index (χ2v) is 6.39. The van der Waals surface area contributed by atoms with Gasteiger partial charge < -0.3 is 10.2 Å². The molecule has 1 N–H and O–H groups in total. The van der Waals surface area contributed by atoms with Crippen LogP contribution in [0.1, 0.15) is 31.2 Å². The first-order valence-corrected chi connectivity index (χ1v) is 7.27. The smallest absolute Gasteiger partial charge is 0.123 e. The van der Waals surface area contributed by atoms with E-state index in [2.05, 4.69) is 30.3 Å². The minimum atomic E-state index is -0.113. The van der Waals surface area contributed by atoms with Crippen LogP contribution in [-0.4, -0.2) is 37.6 Å². The van der Waals surface area contributed by atoms with Crippen LogP contribution in [0.4, 0.5) is 4.39 Å². The first kappa shape index (κ1) is 13.1. The molecule has 2 aliphatic rings. The summed E-state index contributed by atoms with van der Waals surface area (Å²) in [6, 6.07) is 7.83. The van der Waals surface area contributed by atoms with Gasteiger partial charge in [-0.15, -0.1) is 0 Å². The third-order valence-electron chi connectivity index (χ3n) is 5.16. The summed E-state index contributed by atoms with van der Waals surface area (Å²) in [5.41, 5.74) is 1.49. The number of piperidine rings is 1. The molecule has 2 heterocycles. The lowest BCUT2D eigenvalue weighted by Gasteiger charge is -2.42. The molecule has 2 aliphatic heterocycles. The summed E-state index contributed by atoms with van der Waals surface area (Å²) in [4.78, 5) is 2.46. The predicted octanol–water partition coefficient (Wildman–Crippen LogP) is 2.61. The van der Waals surface area contributed by atoms with Gasteiger partial charge in [0.05, 0.1) is 0 Å². The number of halogens is 1. The lowest BCUT2D eigenvalue weighted by Crippen LogP contribution is -2.45. The van der Waals surface area contributed by atoms with E-state index in [1.807, 2.05) is 6.07 Å².